The lowest BCUT2D eigenvalue weighted by Crippen LogP contribution is -2.48. The highest BCUT2D eigenvalue weighted by molar-refractivity contribution is 9.10. The summed E-state index contributed by atoms with van der Waals surface area (Å²) in [5.41, 5.74) is 4.00. The summed E-state index contributed by atoms with van der Waals surface area (Å²) in [4.78, 5) is 54.8. The number of anilines is 2. The van der Waals surface area contributed by atoms with Crippen LogP contribution in [0.4, 0.5) is 34.1 Å². The van der Waals surface area contributed by atoms with Gasteiger partial charge in [-0.2, -0.15) is 13.2 Å². The Bertz CT molecular complexity index is 1910. The van der Waals surface area contributed by atoms with E-state index in [0.29, 0.717) is 70.3 Å². The molecule has 2 heterocycles. The number of amides is 5. The lowest BCUT2D eigenvalue weighted by atomic mass is 10.1. The molecule has 0 unspecified atom stereocenters. The molecule has 0 saturated carbocycles. The number of rotatable bonds is 8. The second-order valence-electron chi connectivity index (χ2n) is 12.5. The minimum absolute atomic E-state index is 0.00146. The summed E-state index contributed by atoms with van der Waals surface area (Å²) in [6, 6.07) is 25.1. The largest absolute Gasteiger partial charge is 0.416 e. The highest BCUT2D eigenvalue weighted by atomic mass is 79.9. The minimum atomic E-state index is -4.54. The average molecular weight is 890 g/mol. The van der Waals surface area contributed by atoms with Crippen molar-refractivity contribution in [3.63, 3.8) is 0 Å². The van der Waals surface area contributed by atoms with E-state index in [2.05, 4.69) is 21.8 Å². The number of urea groups is 2. The van der Waals surface area contributed by atoms with Gasteiger partial charge in [0.2, 0.25) is 0 Å². The third kappa shape index (κ3) is 14.4. The zero-order valence-electron chi connectivity index (χ0n) is 32.6. The standard InChI is InChI=1S/C20H20F3N3O4.C19H19BrN2O3.C2H6.H3NO/c21-20(22,23)16-2-1-3-17(12-16)26(19(28)25-8-10-30-11-9-25)13-14-4-6-15(7-5-14)18(27)24-29;20-17-5-7-18(8-6-17)22(19(24)21-9-11-25-12-10-21)13-15-1-3-16(14-23)4-2-15;2*1-2/h1-7,12,29H,8-11,13H2,(H,24,27);1-8,14H,9-13H2;1-2H3;2H,1H2. The van der Waals surface area contributed by atoms with Gasteiger partial charge in [0.15, 0.2) is 0 Å². The Balaban J connectivity index is 0.000000295. The van der Waals surface area contributed by atoms with E-state index in [0.717, 1.165) is 34.1 Å². The van der Waals surface area contributed by atoms with Gasteiger partial charge in [-0.3, -0.25) is 24.6 Å². The summed E-state index contributed by atoms with van der Waals surface area (Å²) >= 11 is 3.43. The normalized spacial score (nSPS) is 13.5. The van der Waals surface area contributed by atoms with Crippen molar-refractivity contribution in [3.05, 3.63) is 129 Å². The van der Waals surface area contributed by atoms with E-state index in [1.807, 2.05) is 55.1 Å². The van der Waals surface area contributed by atoms with Crippen molar-refractivity contribution in [1.29, 1.82) is 0 Å². The van der Waals surface area contributed by atoms with Crippen molar-refractivity contribution < 1.29 is 52.2 Å². The first-order valence-corrected chi connectivity index (χ1v) is 19.3. The Morgan fingerprint density at radius 3 is 1.64 bits per heavy atom. The number of hydrogen-bond acceptors (Lipinski definition) is 9. The highest BCUT2D eigenvalue weighted by Gasteiger charge is 2.32. The smallest absolute Gasteiger partial charge is 0.378 e. The SMILES string of the molecule is CC.NO.O=C(NO)c1ccc(CN(C(=O)N2CCOCC2)c2cccc(C(F)(F)F)c2)cc1.O=Cc1ccc(CN(C(=O)N2CCOCC2)c2ccc(Br)cc2)cc1. The molecule has 0 spiro atoms. The summed E-state index contributed by atoms with van der Waals surface area (Å²) in [6.07, 6.45) is -3.72. The van der Waals surface area contributed by atoms with Crippen LogP contribution in [-0.4, -0.2) is 97.1 Å². The van der Waals surface area contributed by atoms with Gasteiger partial charge in [0.05, 0.1) is 45.1 Å². The number of nitrogens with zero attached hydrogens (tertiary/aromatic N) is 4. The van der Waals surface area contributed by atoms with Gasteiger partial charge < -0.3 is 24.5 Å². The lowest BCUT2D eigenvalue weighted by molar-refractivity contribution is -0.137. The number of aldehydes is 1. The van der Waals surface area contributed by atoms with Crippen LogP contribution >= 0.6 is 15.9 Å². The third-order valence-electron chi connectivity index (χ3n) is 8.76. The van der Waals surface area contributed by atoms with Gasteiger partial charge in [-0.05, 0) is 65.7 Å². The fourth-order valence-corrected chi connectivity index (χ4v) is 6.02. The molecule has 318 valence electrons. The van der Waals surface area contributed by atoms with Crippen LogP contribution in [0.5, 0.6) is 0 Å². The van der Waals surface area contributed by atoms with E-state index in [1.165, 1.54) is 39.5 Å². The molecule has 4 aromatic carbocycles. The van der Waals surface area contributed by atoms with Crippen LogP contribution in [0.3, 0.4) is 0 Å². The molecule has 14 nitrogen and oxygen atoms in total. The summed E-state index contributed by atoms with van der Waals surface area (Å²) in [5, 5.41) is 15.2. The summed E-state index contributed by atoms with van der Waals surface area (Å²) in [6.45, 7) is 8.14. The van der Waals surface area contributed by atoms with Crippen molar-refractivity contribution in [2.45, 2.75) is 33.1 Å². The number of carbonyl (C=O) groups excluding carboxylic acids is 4. The van der Waals surface area contributed by atoms with Gasteiger partial charge in [-0.25, -0.2) is 21.0 Å². The van der Waals surface area contributed by atoms with Gasteiger partial charge in [0.25, 0.3) is 5.91 Å². The Morgan fingerprint density at radius 1 is 0.746 bits per heavy atom. The van der Waals surface area contributed by atoms with Gasteiger partial charge in [0, 0.05) is 53.2 Å². The molecule has 5 amide bonds. The average Bonchev–Trinajstić information content (AvgIpc) is 3.29. The molecule has 0 atom stereocenters. The van der Waals surface area contributed by atoms with Crippen LogP contribution in [0.15, 0.2) is 102 Å². The maximum Gasteiger partial charge on any atom is 0.416 e. The van der Waals surface area contributed by atoms with Crippen LogP contribution in [0.2, 0.25) is 0 Å². The number of halogens is 4. The van der Waals surface area contributed by atoms with E-state index < -0.39 is 23.7 Å². The highest BCUT2D eigenvalue weighted by Crippen LogP contribution is 2.32. The molecule has 2 aliphatic heterocycles. The number of hydroxylamine groups is 1. The van der Waals surface area contributed by atoms with Crippen LogP contribution in [0.1, 0.15) is 51.3 Å². The first-order chi connectivity index (χ1) is 28.5. The Labute approximate surface area is 348 Å². The maximum atomic E-state index is 13.2. The maximum absolute atomic E-state index is 13.2. The van der Waals surface area contributed by atoms with E-state index >= 15 is 0 Å². The fourth-order valence-electron chi connectivity index (χ4n) is 5.75. The molecule has 0 aliphatic carbocycles. The van der Waals surface area contributed by atoms with Crippen LogP contribution in [-0.2, 0) is 28.7 Å². The molecule has 59 heavy (non-hydrogen) atoms. The Kier molecular flexibility index (Phi) is 20.0. The zero-order chi connectivity index (χ0) is 43.4. The van der Waals surface area contributed by atoms with Crippen LogP contribution < -0.4 is 21.2 Å². The zero-order valence-corrected chi connectivity index (χ0v) is 34.2. The number of benzene rings is 4. The molecule has 4 aromatic rings. The Hall–Kier alpha value is -5.37. The number of hydrogen-bond donors (Lipinski definition) is 4. The number of nitrogens with two attached hydrogens (primary N) is 1. The number of carbonyl (C=O) groups is 4. The van der Waals surface area contributed by atoms with Gasteiger partial charge in [-0.1, -0.05) is 72.2 Å². The van der Waals surface area contributed by atoms with Crippen LogP contribution in [0, 0.1) is 0 Å². The molecule has 0 bridgehead atoms. The van der Waals surface area contributed by atoms with Gasteiger partial charge >= 0.3 is 18.2 Å². The fraction of sp³-hybridized carbons (Fsp3) is 0.317. The number of alkyl halides is 3. The number of morpholine rings is 2. The molecule has 6 rings (SSSR count). The molecular formula is C41H48BrF3N6O8. The van der Waals surface area contributed by atoms with Crippen molar-refractivity contribution in [1.82, 2.24) is 15.3 Å². The Morgan fingerprint density at radius 2 is 1.20 bits per heavy atom. The molecule has 2 fully saturated rings. The molecule has 2 saturated heterocycles. The second kappa shape index (κ2) is 24.5. The van der Waals surface area contributed by atoms with Crippen LogP contribution in [0.25, 0.3) is 0 Å². The predicted octanol–water partition coefficient (Wildman–Crippen LogP) is 7.36. The first-order valence-electron chi connectivity index (χ1n) is 18.5. The van der Waals surface area contributed by atoms with Crippen molar-refractivity contribution in [2.75, 3.05) is 62.4 Å². The molecule has 0 radical (unpaired) electrons. The lowest BCUT2D eigenvalue weighted by Gasteiger charge is -2.33. The van der Waals surface area contributed by atoms with Crippen molar-refractivity contribution >= 4 is 51.6 Å². The molecular weight excluding hydrogens is 841 g/mol. The first kappa shape index (κ1) is 48.0. The monoisotopic (exact) mass is 888 g/mol. The van der Waals surface area contributed by atoms with E-state index in [9.17, 15) is 32.3 Å². The van der Waals surface area contributed by atoms with Gasteiger partial charge in [0.1, 0.15) is 6.29 Å². The van der Waals surface area contributed by atoms with E-state index in [1.54, 1.807) is 29.2 Å². The third-order valence-corrected chi connectivity index (χ3v) is 9.29. The topological polar surface area (TPSA) is 178 Å². The molecule has 0 aromatic heterocycles. The number of ether oxygens (including phenoxy) is 2. The molecule has 18 heteroatoms. The second-order valence-corrected chi connectivity index (χ2v) is 13.4. The van der Waals surface area contributed by atoms with Crippen molar-refractivity contribution in [3.8, 4) is 0 Å². The minimum Gasteiger partial charge on any atom is -0.378 e. The van der Waals surface area contributed by atoms with E-state index in [-0.39, 0.29) is 23.8 Å². The quantitative estimate of drug-likeness (QED) is 0.0800. The molecule has 5 N–H and O–H groups in total. The van der Waals surface area contributed by atoms with E-state index in [4.69, 9.17) is 19.9 Å². The predicted molar refractivity (Wildman–Crippen MR) is 218 cm³/mol. The molecule has 2 aliphatic rings. The summed E-state index contributed by atoms with van der Waals surface area (Å²) in [7, 11) is 0. The van der Waals surface area contributed by atoms with Crippen molar-refractivity contribution in [2.24, 2.45) is 5.90 Å². The van der Waals surface area contributed by atoms with Gasteiger partial charge in [-0.15, -0.1) is 0 Å². The summed E-state index contributed by atoms with van der Waals surface area (Å²) < 4.78 is 51.1. The summed E-state index contributed by atoms with van der Waals surface area (Å²) in [5.74, 6) is 2.81. The number of nitrogens with one attached hydrogen (secondary N) is 1.